The van der Waals surface area contributed by atoms with Crippen molar-refractivity contribution in [2.75, 3.05) is 0 Å². The molecule has 0 spiro atoms. The van der Waals surface area contributed by atoms with Crippen LogP contribution in [0.5, 0.6) is 0 Å². The topological polar surface area (TPSA) is 12.4 Å². The minimum absolute atomic E-state index is 0.238. The van der Waals surface area contributed by atoms with Crippen molar-refractivity contribution in [2.24, 2.45) is 10.9 Å². The normalized spacial score (nSPS) is 26.5. The lowest BCUT2D eigenvalue weighted by Crippen LogP contribution is -2.16. The summed E-state index contributed by atoms with van der Waals surface area (Å²) in [6, 6.07) is 0. The minimum Gasteiger partial charge on any atom is -0.252 e. The average Bonchev–Trinajstić information content (AvgIpc) is 2.48. The Morgan fingerprint density at radius 1 is 1.55 bits per heavy atom. The van der Waals surface area contributed by atoms with Crippen LogP contribution in [-0.2, 0) is 0 Å². The van der Waals surface area contributed by atoms with Gasteiger partial charge >= 0.3 is 0 Å². The van der Waals surface area contributed by atoms with Crippen LogP contribution in [0.25, 0.3) is 0 Å². The summed E-state index contributed by atoms with van der Waals surface area (Å²) in [6.45, 7) is 11.3. The van der Waals surface area contributed by atoms with Gasteiger partial charge in [-0.05, 0) is 37.8 Å². The van der Waals surface area contributed by atoms with Gasteiger partial charge in [-0.25, -0.2) is 4.39 Å². The molecule has 1 heterocycles. The van der Waals surface area contributed by atoms with E-state index in [0.29, 0.717) is 18.5 Å². The second kappa shape index (κ2) is 9.00. The van der Waals surface area contributed by atoms with Crippen LogP contribution >= 0.6 is 0 Å². The van der Waals surface area contributed by atoms with Crippen LogP contribution in [0.1, 0.15) is 33.1 Å². The maximum Gasteiger partial charge on any atom is 0.0976 e. The van der Waals surface area contributed by atoms with Crippen molar-refractivity contribution in [3.05, 3.63) is 60.4 Å². The molecule has 2 atom stereocenters. The summed E-state index contributed by atoms with van der Waals surface area (Å²) in [5, 5.41) is 0. The van der Waals surface area contributed by atoms with E-state index in [1.807, 2.05) is 24.3 Å². The zero-order valence-corrected chi connectivity index (χ0v) is 13.5. The van der Waals surface area contributed by atoms with Crippen molar-refractivity contribution in [2.45, 2.75) is 39.3 Å². The van der Waals surface area contributed by atoms with Gasteiger partial charge in [-0.1, -0.05) is 55.9 Å². The van der Waals surface area contributed by atoms with Crippen molar-refractivity contribution < 1.29 is 4.39 Å². The molecule has 2 heteroatoms. The largest absolute Gasteiger partial charge is 0.252 e. The Bertz CT molecular complexity index is 579. The number of hydrogen-bond donors (Lipinski definition) is 0. The molecule has 1 nitrogen and oxygen atoms in total. The first-order valence-corrected chi connectivity index (χ1v) is 7.60. The summed E-state index contributed by atoms with van der Waals surface area (Å²) < 4.78 is 13.2. The summed E-state index contributed by atoms with van der Waals surface area (Å²) >= 11 is 0. The first-order chi connectivity index (χ1) is 10.5. The third-order valence-corrected chi connectivity index (χ3v) is 3.48. The molecule has 2 unspecified atom stereocenters. The Morgan fingerprint density at radius 3 is 2.82 bits per heavy atom. The molecule has 116 valence electrons. The van der Waals surface area contributed by atoms with Crippen molar-refractivity contribution in [3.8, 4) is 12.3 Å². The van der Waals surface area contributed by atoms with Crippen LogP contribution in [0.3, 0.4) is 0 Å². The monoisotopic (exact) mass is 297 g/mol. The quantitative estimate of drug-likeness (QED) is 0.463. The number of nitrogens with zero attached hydrogens (tertiary/aromatic N) is 1. The summed E-state index contributed by atoms with van der Waals surface area (Å²) in [5.41, 5.74) is 3.49. The number of terminal acetylenes is 1. The molecule has 0 saturated carbocycles. The highest BCUT2D eigenvalue weighted by molar-refractivity contribution is 6.05. The smallest absolute Gasteiger partial charge is 0.0976 e. The van der Waals surface area contributed by atoms with E-state index in [1.165, 1.54) is 0 Å². The highest BCUT2D eigenvalue weighted by Gasteiger charge is 2.18. The van der Waals surface area contributed by atoms with Gasteiger partial charge in [0.1, 0.15) is 0 Å². The molecule has 0 saturated heterocycles. The van der Waals surface area contributed by atoms with Gasteiger partial charge in [0.25, 0.3) is 0 Å². The van der Waals surface area contributed by atoms with Gasteiger partial charge in [-0.3, -0.25) is 4.99 Å². The maximum atomic E-state index is 13.2. The van der Waals surface area contributed by atoms with Crippen LogP contribution in [-0.4, -0.2) is 11.9 Å². The average molecular weight is 297 g/mol. The molecule has 0 bridgehead atoms. The Labute approximate surface area is 133 Å². The lowest BCUT2D eigenvalue weighted by Gasteiger charge is -2.18. The third-order valence-electron chi connectivity index (χ3n) is 3.48. The van der Waals surface area contributed by atoms with Crippen LogP contribution in [0.15, 0.2) is 65.4 Å². The third kappa shape index (κ3) is 5.33. The summed E-state index contributed by atoms with van der Waals surface area (Å²) in [5.74, 6) is 2.54. The molecule has 0 radical (unpaired) electrons. The molecule has 1 rings (SSSR count). The van der Waals surface area contributed by atoms with Crippen molar-refractivity contribution >= 4 is 5.71 Å². The van der Waals surface area contributed by atoms with Crippen molar-refractivity contribution in [3.63, 3.8) is 0 Å². The Balaban J connectivity index is 3.27. The molecule has 0 aromatic heterocycles. The Hall–Kier alpha value is -2.14. The molecule has 1 aliphatic heterocycles. The van der Waals surface area contributed by atoms with E-state index in [0.717, 1.165) is 23.3 Å². The molecule has 0 amide bonds. The van der Waals surface area contributed by atoms with Gasteiger partial charge in [0.2, 0.25) is 0 Å². The predicted molar refractivity (Wildman–Crippen MR) is 94.5 cm³/mol. The molecule has 0 aromatic rings. The zero-order chi connectivity index (χ0) is 16.5. The number of halogens is 1. The fraction of sp³-hybridized carbons (Fsp3) is 0.350. The second-order valence-electron chi connectivity index (χ2n) is 5.31. The molecular formula is C20H24FN. The summed E-state index contributed by atoms with van der Waals surface area (Å²) in [7, 11) is 0. The van der Waals surface area contributed by atoms with E-state index in [-0.39, 0.29) is 5.92 Å². The summed E-state index contributed by atoms with van der Waals surface area (Å²) in [4.78, 5) is 4.56. The van der Waals surface area contributed by atoms with E-state index in [4.69, 9.17) is 6.42 Å². The van der Waals surface area contributed by atoms with Gasteiger partial charge in [-0.2, -0.15) is 0 Å². The standard InChI is InChI=1S/C20H24FN/c1-6-9-19(13-10-15(4)21)20-18(8-3)14-17(7-2)12-11-16(5)22-20/h3,6,9,11-12,14-15,18H,1,5,7,10,13H2,2,4H3/b12-11-,17-14+,19-9+,22-20+. The van der Waals surface area contributed by atoms with E-state index in [9.17, 15) is 4.39 Å². The molecule has 0 fully saturated rings. The van der Waals surface area contributed by atoms with E-state index < -0.39 is 6.17 Å². The van der Waals surface area contributed by atoms with Gasteiger partial charge in [0.15, 0.2) is 0 Å². The molecule has 0 N–H and O–H groups in total. The number of aliphatic imine (C=N–C) groups is 1. The second-order valence-corrected chi connectivity index (χ2v) is 5.31. The first-order valence-electron chi connectivity index (χ1n) is 7.60. The van der Waals surface area contributed by atoms with Crippen LogP contribution in [0.4, 0.5) is 4.39 Å². The predicted octanol–water partition coefficient (Wildman–Crippen LogP) is 5.35. The van der Waals surface area contributed by atoms with E-state index >= 15 is 0 Å². The number of alkyl halides is 1. The minimum atomic E-state index is -0.864. The molecule has 1 aliphatic rings. The van der Waals surface area contributed by atoms with Crippen LogP contribution in [0, 0.1) is 18.3 Å². The number of allylic oxidation sites excluding steroid dienone is 7. The molecular weight excluding hydrogens is 273 g/mol. The van der Waals surface area contributed by atoms with E-state index in [2.05, 4.69) is 31.0 Å². The Kier molecular flexibility index (Phi) is 7.32. The first kappa shape index (κ1) is 17.9. The maximum absolute atomic E-state index is 13.2. The van der Waals surface area contributed by atoms with Gasteiger partial charge in [-0.15, -0.1) is 6.42 Å². The highest BCUT2D eigenvalue weighted by atomic mass is 19.1. The van der Waals surface area contributed by atoms with Crippen LogP contribution < -0.4 is 0 Å². The number of hydrogen-bond acceptors (Lipinski definition) is 1. The van der Waals surface area contributed by atoms with Crippen molar-refractivity contribution in [1.29, 1.82) is 0 Å². The zero-order valence-electron chi connectivity index (χ0n) is 13.5. The number of rotatable bonds is 6. The fourth-order valence-corrected chi connectivity index (χ4v) is 2.24. The van der Waals surface area contributed by atoms with E-state index in [1.54, 1.807) is 13.0 Å². The van der Waals surface area contributed by atoms with Gasteiger partial charge < -0.3 is 0 Å². The van der Waals surface area contributed by atoms with Crippen LogP contribution in [0.2, 0.25) is 0 Å². The molecule has 0 aromatic carbocycles. The molecule has 22 heavy (non-hydrogen) atoms. The SMILES string of the molecule is C#CC1/C=C(CC)/C=C\C(=C)/N=C1/C(=C/C=C)CCC(C)F. The lowest BCUT2D eigenvalue weighted by atomic mass is 9.90. The fourth-order valence-electron chi connectivity index (χ4n) is 2.24. The van der Waals surface area contributed by atoms with Crippen molar-refractivity contribution in [1.82, 2.24) is 0 Å². The van der Waals surface area contributed by atoms with Gasteiger partial charge in [0, 0.05) is 0 Å². The van der Waals surface area contributed by atoms with Gasteiger partial charge in [0.05, 0.1) is 23.5 Å². The summed E-state index contributed by atoms with van der Waals surface area (Å²) in [6.07, 6.45) is 16.2. The Morgan fingerprint density at radius 2 is 2.27 bits per heavy atom. The lowest BCUT2D eigenvalue weighted by molar-refractivity contribution is 0.342. The highest BCUT2D eigenvalue weighted by Crippen LogP contribution is 2.23. The molecule has 0 aliphatic carbocycles.